The van der Waals surface area contributed by atoms with E-state index >= 15 is 0 Å². The lowest BCUT2D eigenvalue weighted by Crippen LogP contribution is -2.22. The summed E-state index contributed by atoms with van der Waals surface area (Å²) >= 11 is 1.57. The molecular formula is C18H22N6OS. The second kappa shape index (κ2) is 7.49. The third-order valence-corrected chi connectivity index (χ3v) is 5.36. The summed E-state index contributed by atoms with van der Waals surface area (Å²) < 4.78 is 7.43. The van der Waals surface area contributed by atoms with Crippen molar-refractivity contribution < 1.29 is 4.52 Å². The van der Waals surface area contributed by atoms with Crippen molar-refractivity contribution in [1.29, 1.82) is 0 Å². The minimum absolute atomic E-state index is 0.580. The molecule has 0 bridgehead atoms. The van der Waals surface area contributed by atoms with Gasteiger partial charge in [-0.3, -0.25) is 4.57 Å². The van der Waals surface area contributed by atoms with Gasteiger partial charge in [-0.15, -0.1) is 10.2 Å². The van der Waals surface area contributed by atoms with Crippen molar-refractivity contribution in [2.45, 2.75) is 44.0 Å². The zero-order valence-electron chi connectivity index (χ0n) is 15.1. The Hall–Kier alpha value is -2.35. The summed E-state index contributed by atoms with van der Waals surface area (Å²) in [4.78, 5) is 6.68. The number of anilines is 1. The van der Waals surface area contributed by atoms with Crippen molar-refractivity contribution in [3.05, 3.63) is 41.5 Å². The molecule has 0 aliphatic carbocycles. The van der Waals surface area contributed by atoms with E-state index in [-0.39, 0.29) is 0 Å². The highest BCUT2D eigenvalue weighted by atomic mass is 32.2. The maximum atomic E-state index is 5.30. The predicted octanol–water partition coefficient (Wildman–Crippen LogP) is 3.41. The molecule has 0 saturated carbocycles. The van der Waals surface area contributed by atoms with E-state index in [4.69, 9.17) is 4.52 Å². The summed E-state index contributed by atoms with van der Waals surface area (Å²) in [7, 11) is 0. The van der Waals surface area contributed by atoms with Gasteiger partial charge in [0.2, 0.25) is 11.8 Å². The van der Waals surface area contributed by atoms with Crippen molar-refractivity contribution in [2.24, 2.45) is 0 Å². The fraction of sp³-hybridized carbons (Fsp3) is 0.444. The fourth-order valence-electron chi connectivity index (χ4n) is 3.02. The third kappa shape index (κ3) is 3.46. The summed E-state index contributed by atoms with van der Waals surface area (Å²) in [6.45, 7) is 6.16. The average Bonchev–Trinajstić information content (AvgIpc) is 3.40. The Bertz CT molecular complexity index is 866. The molecule has 0 unspecified atom stereocenters. The molecule has 0 radical (unpaired) electrons. The second-order valence-electron chi connectivity index (χ2n) is 6.39. The van der Waals surface area contributed by atoms with Gasteiger partial charge in [-0.05, 0) is 31.9 Å². The number of hydrogen-bond donors (Lipinski definition) is 0. The van der Waals surface area contributed by atoms with Crippen molar-refractivity contribution in [1.82, 2.24) is 24.9 Å². The fourth-order valence-corrected chi connectivity index (χ4v) is 3.80. The first-order chi connectivity index (χ1) is 12.7. The van der Waals surface area contributed by atoms with E-state index < -0.39 is 0 Å². The molecular weight excluding hydrogens is 348 g/mol. The number of aromatic nitrogens is 5. The van der Waals surface area contributed by atoms with E-state index in [1.807, 2.05) is 6.92 Å². The first-order valence-electron chi connectivity index (χ1n) is 8.96. The number of thioether (sulfide) groups is 1. The van der Waals surface area contributed by atoms with Crippen LogP contribution >= 0.6 is 11.8 Å². The molecule has 3 heterocycles. The zero-order valence-corrected chi connectivity index (χ0v) is 15.9. The van der Waals surface area contributed by atoms with Crippen molar-refractivity contribution >= 4 is 17.7 Å². The van der Waals surface area contributed by atoms with Crippen LogP contribution in [0.2, 0.25) is 0 Å². The van der Waals surface area contributed by atoms with Gasteiger partial charge in [0.05, 0.1) is 11.4 Å². The number of hydrogen-bond acceptors (Lipinski definition) is 7. The highest BCUT2D eigenvalue weighted by Gasteiger charge is 2.22. The lowest BCUT2D eigenvalue weighted by Gasteiger charge is -2.18. The maximum absolute atomic E-state index is 5.30. The standard InChI is InChI=1S/C18H22N6OS/c1-3-15-19-16(25-22-15)12-26-18-21-20-17(23-10-4-5-11-23)24(18)14-8-6-13(2)7-9-14/h6-9H,3-5,10-12H2,1-2H3. The number of nitrogens with zero attached hydrogens (tertiary/aromatic N) is 6. The topological polar surface area (TPSA) is 72.9 Å². The Morgan fingerprint density at radius 2 is 1.88 bits per heavy atom. The molecule has 1 fully saturated rings. The van der Waals surface area contributed by atoms with Crippen LogP contribution in [-0.4, -0.2) is 38.0 Å². The Labute approximate surface area is 156 Å². The molecule has 0 N–H and O–H groups in total. The van der Waals surface area contributed by atoms with Crippen molar-refractivity contribution in [3.8, 4) is 5.69 Å². The molecule has 8 heteroatoms. The molecule has 1 aliphatic rings. The van der Waals surface area contributed by atoms with Crippen LogP contribution in [0.1, 0.15) is 37.0 Å². The molecule has 3 aromatic rings. The molecule has 0 atom stereocenters. The summed E-state index contributed by atoms with van der Waals surface area (Å²) in [6, 6.07) is 8.46. The Morgan fingerprint density at radius 1 is 1.12 bits per heavy atom. The van der Waals surface area contributed by atoms with E-state index in [0.29, 0.717) is 11.6 Å². The maximum Gasteiger partial charge on any atom is 0.237 e. The van der Waals surface area contributed by atoms with E-state index in [2.05, 4.69) is 61.0 Å². The van der Waals surface area contributed by atoms with Gasteiger partial charge in [-0.1, -0.05) is 41.5 Å². The van der Waals surface area contributed by atoms with Gasteiger partial charge < -0.3 is 9.42 Å². The lowest BCUT2D eigenvalue weighted by atomic mass is 10.2. The Balaban J connectivity index is 1.63. The van der Waals surface area contributed by atoms with Gasteiger partial charge in [0, 0.05) is 19.5 Å². The zero-order chi connectivity index (χ0) is 17.9. The van der Waals surface area contributed by atoms with Crippen molar-refractivity contribution in [2.75, 3.05) is 18.0 Å². The Morgan fingerprint density at radius 3 is 2.58 bits per heavy atom. The van der Waals surface area contributed by atoms with Crippen LogP contribution in [-0.2, 0) is 12.2 Å². The van der Waals surface area contributed by atoms with E-state index in [0.717, 1.165) is 42.1 Å². The number of benzene rings is 1. The molecule has 1 saturated heterocycles. The minimum atomic E-state index is 0.580. The monoisotopic (exact) mass is 370 g/mol. The molecule has 1 aliphatic heterocycles. The minimum Gasteiger partial charge on any atom is -0.341 e. The van der Waals surface area contributed by atoms with Gasteiger partial charge in [0.15, 0.2) is 11.0 Å². The van der Waals surface area contributed by atoms with Gasteiger partial charge in [-0.25, -0.2) is 0 Å². The van der Waals surface area contributed by atoms with Crippen LogP contribution in [0.15, 0.2) is 33.9 Å². The van der Waals surface area contributed by atoms with Gasteiger partial charge in [-0.2, -0.15) is 4.98 Å². The largest absolute Gasteiger partial charge is 0.341 e. The van der Waals surface area contributed by atoms with E-state index in [1.54, 1.807) is 11.8 Å². The summed E-state index contributed by atoms with van der Waals surface area (Å²) in [5, 5.41) is 13.7. The van der Waals surface area contributed by atoms with Crippen LogP contribution in [0, 0.1) is 6.92 Å². The summed E-state index contributed by atoms with van der Waals surface area (Å²) in [5.74, 6) is 2.84. The third-order valence-electron chi connectivity index (χ3n) is 4.45. The molecule has 136 valence electrons. The highest BCUT2D eigenvalue weighted by Crippen LogP contribution is 2.30. The second-order valence-corrected chi connectivity index (χ2v) is 7.34. The molecule has 26 heavy (non-hydrogen) atoms. The van der Waals surface area contributed by atoms with Gasteiger partial charge in [0.1, 0.15) is 0 Å². The summed E-state index contributed by atoms with van der Waals surface area (Å²) in [5.41, 5.74) is 2.31. The van der Waals surface area contributed by atoms with E-state index in [9.17, 15) is 0 Å². The molecule has 4 rings (SSSR count). The molecule has 7 nitrogen and oxygen atoms in total. The normalized spacial score (nSPS) is 14.3. The highest BCUT2D eigenvalue weighted by molar-refractivity contribution is 7.98. The smallest absolute Gasteiger partial charge is 0.237 e. The molecule has 2 aromatic heterocycles. The predicted molar refractivity (Wildman–Crippen MR) is 101 cm³/mol. The van der Waals surface area contributed by atoms with Gasteiger partial charge >= 0.3 is 0 Å². The molecule has 0 spiro atoms. The number of rotatable bonds is 6. The van der Waals surface area contributed by atoms with E-state index in [1.165, 1.54) is 18.4 Å². The first-order valence-corrected chi connectivity index (χ1v) is 9.95. The first kappa shape index (κ1) is 17.1. The Kier molecular flexibility index (Phi) is 4.92. The van der Waals surface area contributed by atoms with Gasteiger partial charge in [0.25, 0.3) is 0 Å². The summed E-state index contributed by atoms with van der Waals surface area (Å²) in [6.07, 6.45) is 3.17. The van der Waals surface area contributed by atoms with Crippen LogP contribution in [0.25, 0.3) is 5.69 Å². The molecule has 0 amide bonds. The van der Waals surface area contributed by atoms with Crippen LogP contribution in [0.4, 0.5) is 5.95 Å². The quantitative estimate of drug-likeness (QED) is 0.616. The van der Waals surface area contributed by atoms with Crippen LogP contribution in [0.5, 0.6) is 0 Å². The van der Waals surface area contributed by atoms with Crippen LogP contribution < -0.4 is 4.90 Å². The van der Waals surface area contributed by atoms with Crippen LogP contribution in [0.3, 0.4) is 0 Å². The SMILES string of the molecule is CCc1noc(CSc2nnc(N3CCCC3)n2-c2ccc(C)cc2)n1. The van der Waals surface area contributed by atoms with Crippen molar-refractivity contribution in [3.63, 3.8) is 0 Å². The molecule has 1 aromatic carbocycles. The number of aryl methyl sites for hydroxylation is 2. The lowest BCUT2D eigenvalue weighted by molar-refractivity contribution is 0.385. The average molecular weight is 370 g/mol.